The molecule has 0 bridgehead atoms. The van der Waals surface area contributed by atoms with Gasteiger partial charge in [-0.1, -0.05) is 61.4 Å². The maximum Gasteiger partial charge on any atom is 0.407 e. The molecule has 2 aromatic rings. The molecule has 4 atom stereocenters. The molecule has 0 spiro atoms. The molecule has 2 amide bonds. The van der Waals surface area contributed by atoms with Gasteiger partial charge >= 0.3 is 12.1 Å². The van der Waals surface area contributed by atoms with Crippen LogP contribution < -0.4 is 10.6 Å². The lowest BCUT2D eigenvalue weighted by atomic mass is 9.82. The minimum Gasteiger partial charge on any atom is -0.480 e. The zero-order valence-electron chi connectivity index (χ0n) is 19.8. The number of benzene rings is 2. The van der Waals surface area contributed by atoms with E-state index < -0.39 is 30.1 Å². The molecule has 8 nitrogen and oxygen atoms in total. The Hall–Kier alpha value is -3.39. The molecular formula is C27H32N2O6. The van der Waals surface area contributed by atoms with Gasteiger partial charge in [-0.3, -0.25) is 4.79 Å². The molecule has 186 valence electrons. The fourth-order valence-corrected chi connectivity index (χ4v) is 5.29. The summed E-state index contributed by atoms with van der Waals surface area (Å²) < 4.78 is 5.66. The first-order valence-electron chi connectivity index (χ1n) is 12.2. The number of ether oxygens (including phenoxy) is 1. The molecule has 4 rings (SSSR count). The highest BCUT2D eigenvalue weighted by Crippen LogP contribution is 2.44. The summed E-state index contributed by atoms with van der Waals surface area (Å²) in [4.78, 5) is 36.5. The van der Waals surface area contributed by atoms with Crippen LogP contribution in [0.15, 0.2) is 48.5 Å². The van der Waals surface area contributed by atoms with Crippen LogP contribution in [0.1, 0.15) is 56.1 Å². The second-order valence-corrected chi connectivity index (χ2v) is 9.45. The summed E-state index contributed by atoms with van der Waals surface area (Å²) in [5.74, 6) is -1.91. The number of aliphatic hydroxyl groups excluding tert-OH is 1. The number of carbonyl (C=O) groups is 3. The van der Waals surface area contributed by atoms with Crippen molar-refractivity contribution in [3.8, 4) is 11.1 Å². The molecule has 0 saturated heterocycles. The van der Waals surface area contributed by atoms with Crippen molar-refractivity contribution >= 4 is 18.0 Å². The molecule has 2 aromatic carbocycles. The molecule has 2 aliphatic rings. The third kappa shape index (κ3) is 5.65. The SMILES string of the molecule is CC(O)C(NC(=O)CC1CCCCC1NC(=O)OCC1c2ccccc2-c2ccccc21)C(=O)O. The van der Waals surface area contributed by atoms with Crippen LogP contribution in [0.4, 0.5) is 4.79 Å². The lowest BCUT2D eigenvalue weighted by Crippen LogP contribution is -2.49. The van der Waals surface area contributed by atoms with Crippen LogP contribution in [-0.2, 0) is 14.3 Å². The van der Waals surface area contributed by atoms with Gasteiger partial charge in [-0.25, -0.2) is 9.59 Å². The summed E-state index contributed by atoms with van der Waals surface area (Å²) >= 11 is 0. The van der Waals surface area contributed by atoms with Crippen molar-refractivity contribution in [2.24, 2.45) is 5.92 Å². The Morgan fingerprint density at radius 2 is 1.60 bits per heavy atom. The van der Waals surface area contributed by atoms with E-state index in [9.17, 15) is 24.6 Å². The zero-order chi connectivity index (χ0) is 24.9. The number of hydrogen-bond donors (Lipinski definition) is 4. The Balaban J connectivity index is 1.35. The molecule has 0 aliphatic heterocycles. The van der Waals surface area contributed by atoms with Gasteiger partial charge in [0, 0.05) is 18.4 Å². The third-order valence-electron chi connectivity index (χ3n) is 7.07. The van der Waals surface area contributed by atoms with Gasteiger partial charge in [0.05, 0.1) is 6.10 Å². The summed E-state index contributed by atoms with van der Waals surface area (Å²) in [6.07, 6.45) is 1.67. The summed E-state index contributed by atoms with van der Waals surface area (Å²) in [5, 5.41) is 24.1. The van der Waals surface area contributed by atoms with Crippen molar-refractivity contribution in [3.05, 3.63) is 59.7 Å². The van der Waals surface area contributed by atoms with Gasteiger partial charge in [-0.15, -0.1) is 0 Å². The molecule has 35 heavy (non-hydrogen) atoms. The highest BCUT2D eigenvalue weighted by Gasteiger charge is 2.33. The topological polar surface area (TPSA) is 125 Å². The first kappa shape index (κ1) is 24.7. The first-order valence-corrected chi connectivity index (χ1v) is 12.2. The molecule has 4 unspecified atom stereocenters. The zero-order valence-corrected chi connectivity index (χ0v) is 19.8. The predicted octanol–water partition coefficient (Wildman–Crippen LogP) is 3.42. The van der Waals surface area contributed by atoms with Crippen molar-refractivity contribution < 1.29 is 29.3 Å². The van der Waals surface area contributed by atoms with Crippen LogP contribution >= 0.6 is 0 Å². The molecular weight excluding hydrogens is 448 g/mol. The van der Waals surface area contributed by atoms with Crippen molar-refractivity contribution in [3.63, 3.8) is 0 Å². The Labute approximate surface area is 204 Å². The minimum atomic E-state index is -1.36. The van der Waals surface area contributed by atoms with E-state index in [1.165, 1.54) is 6.92 Å². The lowest BCUT2D eigenvalue weighted by Gasteiger charge is -2.32. The number of carboxylic acids is 1. The lowest BCUT2D eigenvalue weighted by molar-refractivity contribution is -0.145. The van der Waals surface area contributed by atoms with Gasteiger partial charge in [-0.05, 0) is 47.9 Å². The molecule has 1 fully saturated rings. The van der Waals surface area contributed by atoms with E-state index in [-0.39, 0.29) is 30.9 Å². The fourth-order valence-electron chi connectivity index (χ4n) is 5.29. The second kappa shape index (κ2) is 10.9. The second-order valence-electron chi connectivity index (χ2n) is 9.45. The Morgan fingerprint density at radius 1 is 1.00 bits per heavy atom. The van der Waals surface area contributed by atoms with Crippen LogP contribution in [-0.4, -0.2) is 53.0 Å². The normalized spacial score (nSPS) is 20.7. The van der Waals surface area contributed by atoms with Crippen LogP contribution in [0.2, 0.25) is 0 Å². The summed E-state index contributed by atoms with van der Waals surface area (Å²) in [6, 6.07) is 14.7. The molecule has 1 saturated carbocycles. The minimum absolute atomic E-state index is 0.0329. The van der Waals surface area contributed by atoms with Crippen molar-refractivity contribution in [1.29, 1.82) is 0 Å². The van der Waals surface area contributed by atoms with E-state index in [1.54, 1.807) is 0 Å². The quantitative estimate of drug-likeness (QED) is 0.459. The van der Waals surface area contributed by atoms with Gasteiger partial charge < -0.3 is 25.6 Å². The highest BCUT2D eigenvalue weighted by atomic mass is 16.5. The van der Waals surface area contributed by atoms with Crippen molar-refractivity contribution in [2.75, 3.05) is 6.61 Å². The number of fused-ring (bicyclic) bond motifs is 3. The van der Waals surface area contributed by atoms with Gasteiger partial charge in [0.2, 0.25) is 5.91 Å². The Bertz CT molecular complexity index is 1040. The monoisotopic (exact) mass is 480 g/mol. The molecule has 4 N–H and O–H groups in total. The largest absolute Gasteiger partial charge is 0.480 e. The van der Waals surface area contributed by atoms with Crippen LogP contribution in [0.3, 0.4) is 0 Å². The molecule has 0 aromatic heterocycles. The number of rotatable bonds is 8. The van der Waals surface area contributed by atoms with Crippen LogP contribution in [0.5, 0.6) is 0 Å². The van der Waals surface area contributed by atoms with E-state index in [4.69, 9.17) is 4.74 Å². The number of carboxylic acid groups (broad SMARTS) is 1. The summed E-state index contributed by atoms with van der Waals surface area (Å²) in [6.45, 7) is 1.54. The van der Waals surface area contributed by atoms with Crippen LogP contribution in [0.25, 0.3) is 11.1 Å². The average molecular weight is 481 g/mol. The van der Waals surface area contributed by atoms with Gasteiger partial charge in [-0.2, -0.15) is 0 Å². The molecule has 0 heterocycles. The smallest absolute Gasteiger partial charge is 0.407 e. The summed E-state index contributed by atoms with van der Waals surface area (Å²) in [7, 11) is 0. The van der Waals surface area contributed by atoms with E-state index in [2.05, 4.69) is 34.9 Å². The van der Waals surface area contributed by atoms with E-state index in [0.29, 0.717) is 0 Å². The molecule has 2 aliphatic carbocycles. The first-order chi connectivity index (χ1) is 16.8. The number of aliphatic hydroxyl groups is 1. The molecule has 8 heteroatoms. The van der Waals surface area contributed by atoms with Gasteiger partial charge in [0.1, 0.15) is 6.61 Å². The van der Waals surface area contributed by atoms with Gasteiger partial charge in [0.25, 0.3) is 0 Å². The van der Waals surface area contributed by atoms with E-state index in [1.807, 2.05) is 24.3 Å². The molecule has 0 radical (unpaired) electrons. The maximum absolute atomic E-state index is 12.7. The predicted molar refractivity (Wildman–Crippen MR) is 130 cm³/mol. The third-order valence-corrected chi connectivity index (χ3v) is 7.07. The highest BCUT2D eigenvalue weighted by molar-refractivity contribution is 5.84. The fraction of sp³-hybridized carbons (Fsp3) is 0.444. The standard InChI is InChI=1S/C27H32N2O6/c1-16(30)25(26(32)33)29-24(31)14-17-8-2-7-13-23(17)28-27(34)35-15-22-20-11-5-3-9-18(20)19-10-4-6-12-21(19)22/h3-6,9-12,16-17,22-23,25,30H,2,7-8,13-15H2,1H3,(H,28,34)(H,29,31)(H,32,33). The number of nitrogens with one attached hydrogen (secondary N) is 2. The Kier molecular flexibility index (Phi) is 7.70. The number of aliphatic carboxylic acids is 1. The van der Waals surface area contributed by atoms with Crippen molar-refractivity contribution in [1.82, 2.24) is 10.6 Å². The number of hydrogen-bond acceptors (Lipinski definition) is 5. The van der Waals surface area contributed by atoms with E-state index >= 15 is 0 Å². The van der Waals surface area contributed by atoms with Crippen molar-refractivity contribution in [2.45, 2.75) is 63.1 Å². The van der Waals surface area contributed by atoms with Crippen LogP contribution in [0, 0.1) is 5.92 Å². The Morgan fingerprint density at radius 3 is 2.20 bits per heavy atom. The number of carbonyl (C=O) groups excluding carboxylic acids is 2. The summed E-state index contributed by atoms with van der Waals surface area (Å²) in [5.41, 5.74) is 4.60. The number of amides is 2. The van der Waals surface area contributed by atoms with E-state index in [0.717, 1.165) is 47.9 Å². The number of alkyl carbamates (subject to hydrolysis) is 1. The van der Waals surface area contributed by atoms with Gasteiger partial charge in [0.15, 0.2) is 6.04 Å². The maximum atomic E-state index is 12.7. The average Bonchev–Trinajstić information content (AvgIpc) is 3.16.